The van der Waals surface area contributed by atoms with E-state index in [0.29, 0.717) is 33.1 Å². The van der Waals surface area contributed by atoms with Crippen LogP contribution in [0.3, 0.4) is 0 Å². The number of halogens is 1. The summed E-state index contributed by atoms with van der Waals surface area (Å²) in [4.78, 5) is 41.6. The Morgan fingerprint density at radius 1 is 1.23 bits per heavy atom. The van der Waals surface area contributed by atoms with Crippen molar-refractivity contribution in [2.75, 3.05) is 6.54 Å². The zero-order valence-corrected chi connectivity index (χ0v) is 20.2. The number of rotatable bonds is 12. The van der Waals surface area contributed by atoms with Crippen molar-refractivity contribution in [3.63, 3.8) is 0 Å². The highest BCUT2D eigenvalue weighted by Gasteiger charge is 2.15. The Kier molecular flexibility index (Phi) is 9.85. The van der Waals surface area contributed by atoms with Crippen LogP contribution in [0.2, 0.25) is 0 Å². The quantitative estimate of drug-likeness (QED) is 0.311. The van der Waals surface area contributed by atoms with Gasteiger partial charge in [0.15, 0.2) is 9.70 Å². The van der Waals surface area contributed by atoms with Crippen LogP contribution in [0.4, 0.5) is 0 Å². The number of nitrogens with one attached hydrogen (secondary N) is 1. The molecule has 5 nitrogen and oxygen atoms in total. The predicted octanol–water partition coefficient (Wildman–Crippen LogP) is 5.54. The molecule has 0 fully saturated rings. The fraction of sp³-hybridized carbons (Fsp3) is 0.478. The SMILES string of the molecule is CCCCC(=O)[C@@H](C)CCCNC(=O)c1ccc(C)c(CC(=O)c2cnc(Br)s2)c1. The van der Waals surface area contributed by atoms with Crippen molar-refractivity contribution >= 4 is 44.7 Å². The van der Waals surface area contributed by atoms with Crippen molar-refractivity contribution in [3.8, 4) is 0 Å². The van der Waals surface area contributed by atoms with Crippen molar-refractivity contribution in [1.29, 1.82) is 0 Å². The molecule has 0 radical (unpaired) electrons. The normalized spacial score (nSPS) is 11.9. The lowest BCUT2D eigenvalue weighted by molar-refractivity contribution is -0.122. The van der Waals surface area contributed by atoms with Gasteiger partial charge >= 0.3 is 0 Å². The predicted molar refractivity (Wildman–Crippen MR) is 124 cm³/mol. The highest BCUT2D eigenvalue weighted by atomic mass is 79.9. The van der Waals surface area contributed by atoms with Crippen LogP contribution in [0.15, 0.2) is 28.3 Å². The first-order chi connectivity index (χ1) is 14.3. The number of unbranched alkanes of at least 4 members (excludes halogenated alkanes) is 1. The van der Waals surface area contributed by atoms with E-state index in [1.165, 1.54) is 11.3 Å². The average Bonchev–Trinajstić information content (AvgIpc) is 3.17. The van der Waals surface area contributed by atoms with E-state index in [-0.39, 0.29) is 24.0 Å². The number of carbonyl (C=O) groups excluding carboxylic acids is 3. The summed E-state index contributed by atoms with van der Waals surface area (Å²) in [5.74, 6) is 0.177. The molecule has 0 aliphatic rings. The highest BCUT2D eigenvalue weighted by Crippen LogP contribution is 2.21. The third-order valence-electron chi connectivity index (χ3n) is 5.14. The molecule has 0 saturated heterocycles. The van der Waals surface area contributed by atoms with Crippen molar-refractivity contribution in [3.05, 3.63) is 49.9 Å². The van der Waals surface area contributed by atoms with Crippen molar-refractivity contribution in [1.82, 2.24) is 10.3 Å². The van der Waals surface area contributed by atoms with Gasteiger partial charge in [-0.3, -0.25) is 14.4 Å². The number of aromatic nitrogens is 1. The third-order valence-corrected chi connectivity index (χ3v) is 6.66. The molecule has 1 amide bonds. The lowest BCUT2D eigenvalue weighted by Crippen LogP contribution is -2.25. The molecule has 7 heteroatoms. The molecule has 0 spiro atoms. The van der Waals surface area contributed by atoms with E-state index in [9.17, 15) is 14.4 Å². The van der Waals surface area contributed by atoms with Gasteiger partial charge in [0.2, 0.25) is 0 Å². The Morgan fingerprint density at radius 3 is 2.67 bits per heavy atom. The molecule has 2 rings (SSSR count). The highest BCUT2D eigenvalue weighted by molar-refractivity contribution is 9.11. The molecule has 1 N–H and O–H groups in total. The molecule has 0 bridgehead atoms. The summed E-state index contributed by atoms with van der Waals surface area (Å²) in [5.41, 5.74) is 2.36. The van der Waals surface area contributed by atoms with E-state index in [1.54, 1.807) is 18.3 Å². The lowest BCUT2D eigenvalue weighted by Gasteiger charge is -2.11. The molecular formula is C23H29BrN2O3S. The number of aryl methyl sites for hydroxylation is 1. The summed E-state index contributed by atoms with van der Waals surface area (Å²) in [5, 5.41) is 2.92. The zero-order valence-electron chi connectivity index (χ0n) is 17.8. The number of amides is 1. The topological polar surface area (TPSA) is 76.1 Å². The molecule has 2 aromatic rings. The summed E-state index contributed by atoms with van der Waals surface area (Å²) in [7, 11) is 0. The fourth-order valence-electron chi connectivity index (χ4n) is 3.12. The van der Waals surface area contributed by atoms with E-state index in [1.807, 2.05) is 19.9 Å². The maximum atomic E-state index is 12.5. The van der Waals surface area contributed by atoms with Crippen LogP contribution in [-0.4, -0.2) is 29.0 Å². The van der Waals surface area contributed by atoms with E-state index >= 15 is 0 Å². The number of Topliss-reactive ketones (excluding diaryl/α,β-unsaturated/α-hetero) is 2. The second-order valence-corrected chi connectivity index (χ2v) is 9.89. The van der Waals surface area contributed by atoms with Gasteiger partial charge in [0.05, 0.1) is 11.1 Å². The minimum absolute atomic E-state index is 0.0133. The van der Waals surface area contributed by atoms with Gasteiger partial charge in [-0.15, -0.1) is 11.3 Å². The Labute approximate surface area is 190 Å². The molecule has 0 saturated carbocycles. The van der Waals surface area contributed by atoms with Crippen LogP contribution in [-0.2, 0) is 11.2 Å². The Balaban J connectivity index is 1.87. The fourth-order valence-corrected chi connectivity index (χ4v) is 4.32. The first kappa shape index (κ1) is 24.4. The average molecular weight is 493 g/mol. The number of hydrogen-bond donors (Lipinski definition) is 1. The molecule has 1 aromatic carbocycles. The number of carbonyl (C=O) groups is 3. The molecule has 30 heavy (non-hydrogen) atoms. The van der Waals surface area contributed by atoms with Gasteiger partial charge in [0, 0.05) is 30.9 Å². The van der Waals surface area contributed by atoms with E-state index in [0.717, 1.165) is 36.8 Å². The summed E-state index contributed by atoms with van der Waals surface area (Å²) < 4.78 is 0.678. The monoisotopic (exact) mass is 492 g/mol. The molecule has 1 aromatic heterocycles. The number of benzene rings is 1. The molecule has 0 aliphatic heterocycles. The minimum atomic E-state index is -0.158. The van der Waals surface area contributed by atoms with Gasteiger partial charge in [-0.1, -0.05) is 26.3 Å². The largest absolute Gasteiger partial charge is 0.352 e. The van der Waals surface area contributed by atoms with Crippen LogP contribution >= 0.6 is 27.3 Å². The molecule has 0 unspecified atom stereocenters. The van der Waals surface area contributed by atoms with E-state index in [2.05, 4.69) is 33.2 Å². The molecule has 162 valence electrons. The van der Waals surface area contributed by atoms with Gasteiger partial charge in [-0.25, -0.2) is 4.98 Å². The van der Waals surface area contributed by atoms with Crippen molar-refractivity contribution in [2.24, 2.45) is 5.92 Å². The van der Waals surface area contributed by atoms with Gasteiger partial charge in [-0.2, -0.15) is 0 Å². The van der Waals surface area contributed by atoms with Crippen LogP contribution < -0.4 is 5.32 Å². The summed E-state index contributed by atoms with van der Waals surface area (Å²) in [6.45, 7) is 6.51. The zero-order chi connectivity index (χ0) is 22.1. The molecule has 1 atom stereocenters. The van der Waals surface area contributed by atoms with Gasteiger partial charge < -0.3 is 5.32 Å². The number of ketones is 2. The van der Waals surface area contributed by atoms with Crippen molar-refractivity contribution in [2.45, 2.75) is 59.3 Å². The maximum absolute atomic E-state index is 12.5. The van der Waals surface area contributed by atoms with Gasteiger partial charge in [0.25, 0.3) is 5.91 Å². The maximum Gasteiger partial charge on any atom is 0.251 e. The second kappa shape index (κ2) is 12.1. The lowest BCUT2D eigenvalue weighted by atomic mass is 9.96. The van der Waals surface area contributed by atoms with E-state index < -0.39 is 0 Å². The van der Waals surface area contributed by atoms with Crippen LogP contribution in [0.5, 0.6) is 0 Å². The summed E-state index contributed by atoms with van der Waals surface area (Å²) in [6.07, 6.45) is 5.96. The minimum Gasteiger partial charge on any atom is -0.352 e. The van der Waals surface area contributed by atoms with Crippen molar-refractivity contribution < 1.29 is 14.4 Å². The number of hydrogen-bond acceptors (Lipinski definition) is 5. The number of nitrogens with zero attached hydrogens (tertiary/aromatic N) is 1. The Bertz CT molecular complexity index is 894. The first-order valence-electron chi connectivity index (χ1n) is 10.4. The van der Waals surface area contributed by atoms with Crippen LogP contribution in [0.1, 0.15) is 77.1 Å². The first-order valence-corrected chi connectivity index (χ1v) is 12.0. The summed E-state index contributed by atoms with van der Waals surface area (Å²) in [6, 6.07) is 5.43. The van der Waals surface area contributed by atoms with Gasteiger partial charge in [-0.05, 0) is 65.4 Å². The smallest absolute Gasteiger partial charge is 0.251 e. The number of thiazole rings is 1. The summed E-state index contributed by atoms with van der Waals surface area (Å²) >= 11 is 4.58. The third kappa shape index (κ3) is 7.43. The van der Waals surface area contributed by atoms with Gasteiger partial charge in [0.1, 0.15) is 5.78 Å². The van der Waals surface area contributed by atoms with Crippen LogP contribution in [0, 0.1) is 12.8 Å². The Hall–Kier alpha value is -1.86. The van der Waals surface area contributed by atoms with E-state index in [4.69, 9.17) is 0 Å². The Morgan fingerprint density at radius 2 is 2.00 bits per heavy atom. The second-order valence-electron chi connectivity index (χ2n) is 7.59. The molecule has 1 heterocycles. The molecule has 0 aliphatic carbocycles. The molecular weight excluding hydrogens is 464 g/mol. The standard InChI is InChI=1S/C23H29BrN2O3S/c1-4-5-8-19(27)16(3)7-6-11-25-22(29)17-10-9-15(2)18(12-17)13-20(28)21-14-26-23(24)30-21/h9-10,12,14,16H,4-8,11,13H2,1-3H3,(H,25,29)/t16-/m0/s1. The van der Waals surface area contributed by atoms with Crippen LogP contribution in [0.25, 0.3) is 0 Å².